The van der Waals surface area contributed by atoms with Crippen LogP contribution in [0.15, 0.2) is 53.3 Å². The summed E-state index contributed by atoms with van der Waals surface area (Å²) in [4.78, 5) is 25.3. The largest absolute Gasteiger partial charge is 1.00 e. The van der Waals surface area contributed by atoms with Gasteiger partial charge in [-0.3, -0.25) is 4.79 Å². The summed E-state index contributed by atoms with van der Waals surface area (Å²) in [6, 6.07) is 14.7. The zero-order valence-electron chi connectivity index (χ0n) is 14.4. The SMILES string of the molecule is CN(C)c1ccc(-c2nn(CC(=O)[O-])c(=O)c3ccccc23)cc1.[Na+]. The van der Waals surface area contributed by atoms with Gasteiger partial charge in [0.15, 0.2) is 0 Å². The minimum absolute atomic E-state index is 0. The van der Waals surface area contributed by atoms with Gasteiger partial charge in [0.25, 0.3) is 5.56 Å². The quantitative estimate of drug-likeness (QED) is 0.506. The first kappa shape index (κ1) is 19.2. The van der Waals surface area contributed by atoms with E-state index in [1.807, 2.05) is 55.4 Å². The third-order valence-corrected chi connectivity index (χ3v) is 3.80. The summed E-state index contributed by atoms with van der Waals surface area (Å²) < 4.78 is 0.937. The molecule has 0 spiro atoms. The Bertz CT molecular complexity index is 965. The van der Waals surface area contributed by atoms with Crippen molar-refractivity contribution in [2.24, 2.45) is 0 Å². The minimum atomic E-state index is -1.35. The first-order chi connectivity index (χ1) is 11.5. The van der Waals surface area contributed by atoms with Gasteiger partial charge in [0, 0.05) is 30.7 Å². The molecule has 0 aliphatic rings. The van der Waals surface area contributed by atoms with Crippen molar-refractivity contribution in [2.75, 3.05) is 19.0 Å². The summed E-state index contributed by atoms with van der Waals surface area (Å²) in [6.07, 6.45) is 0. The number of hydrogen-bond acceptors (Lipinski definition) is 5. The fourth-order valence-corrected chi connectivity index (χ4v) is 2.60. The first-order valence-corrected chi connectivity index (χ1v) is 7.45. The second-order valence-electron chi connectivity index (χ2n) is 5.67. The summed E-state index contributed by atoms with van der Waals surface area (Å²) in [5.74, 6) is -1.35. The number of rotatable bonds is 4. The summed E-state index contributed by atoms with van der Waals surface area (Å²) in [5.41, 5.74) is 1.97. The number of carbonyl (C=O) groups is 1. The van der Waals surface area contributed by atoms with Crippen LogP contribution in [0.4, 0.5) is 5.69 Å². The van der Waals surface area contributed by atoms with Gasteiger partial charge in [0.05, 0.1) is 23.6 Å². The van der Waals surface area contributed by atoms with Crippen LogP contribution in [0.1, 0.15) is 0 Å². The van der Waals surface area contributed by atoms with Crippen LogP contribution in [0.5, 0.6) is 0 Å². The third kappa shape index (κ3) is 3.92. The first-order valence-electron chi connectivity index (χ1n) is 7.45. The molecule has 0 N–H and O–H groups in total. The Morgan fingerprint density at radius 1 is 1.08 bits per heavy atom. The maximum Gasteiger partial charge on any atom is 1.00 e. The number of fused-ring (bicyclic) bond motifs is 1. The Balaban J connectivity index is 0.00000225. The van der Waals surface area contributed by atoms with E-state index in [0.717, 1.165) is 15.9 Å². The number of aromatic nitrogens is 2. The van der Waals surface area contributed by atoms with Gasteiger partial charge in [-0.2, -0.15) is 5.10 Å². The van der Waals surface area contributed by atoms with Crippen molar-refractivity contribution in [3.8, 4) is 11.3 Å². The fraction of sp³-hybridized carbons (Fsp3) is 0.167. The summed E-state index contributed by atoms with van der Waals surface area (Å²) in [6.45, 7) is -0.577. The molecule has 0 saturated heterocycles. The fourth-order valence-electron chi connectivity index (χ4n) is 2.60. The van der Waals surface area contributed by atoms with Crippen LogP contribution in [0.3, 0.4) is 0 Å². The van der Waals surface area contributed by atoms with Crippen molar-refractivity contribution in [1.29, 1.82) is 0 Å². The van der Waals surface area contributed by atoms with Crippen LogP contribution in [0.25, 0.3) is 22.0 Å². The van der Waals surface area contributed by atoms with Crippen molar-refractivity contribution in [2.45, 2.75) is 6.54 Å². The molecule has 122 valence electrons. The molecule has 25 heavy (non-hydrogen) atoms. The molecule has 3 rings (SSSR count). The average molecular weight is 345 g/mol. The van der Waals surface area contributed by atoms with E-state index in [1.54, 1.807) is 12.1 Å². The Hall–Kier alpha value is -2.15. The molecule has 6 nitrogen and oxygen atoms in total. The monoisotopic (exact) mass is 345 g/mol. The predicted octanol–water partition coefficient (Wildman–Crippen LogP) is -2.12. The Labute approximate surface area is 167 Å². The van der Waals surface area contributed by atoms with Gasteiger partial charge in [-0.15, -0.1) is 0 Å². The maximum atomic E-state index is 12.4. The number of nitrogens with zero attached hydrogens (tertiary/aromatic N) is 3. The Kier molecular flexibility index (Phi) is 6.00. The van der Waals surface area contributed by atoms with Crippen LogP contribution in [-0.4, -0.2) is 29.8 Å². The molecule has 0 bridgehead atoms. The van der Waals surface area contributed by atoms with Crippen molar-refractivity contribution in [3.05, 3.63) is 58.9 Å². The minimum Gasteiger partial charge on any atom is -0.548 e. The number of carbonyl (C=O) groups excluding carboxylic acids is 1. The zero-order valence-corrected chi connectivity index (χ0v) is 16.4. The standard InChI is InChI=1S/C18H17N3O3.Na/c1-20(2)13-9-7-12(8-10-13)17-14-5-3-4-6-15(14)18(24)21(19-17)11-16(22)23;/h3-10H,11H2,1-2H3,(H,22,23);/q;+1/p-1. The number of carboxylic acid groups (broad SMARTS) is 1. The summed E-state index contributed by atoms with van der Waals surface area (Å²) in [5, 5.41) is 16.3. The molecule has 0 aliphatic carbocycles. The topological polar surface area (TPSA) is 78.3 Å². The zero-order chi connectivity index (χ0) is 17.3. The van der Waals surface area contributed by atoms with Gasteiger partial charge in [-0.1, -0.05) is 30.3 Å². The van der Waals surface area contributed by atoms with E-state index < -0.39 is 18.1 Å². The second-order valence-corrected chi connectivity index (χ2v) is 5.67. The number of anilines is 1. The van der Waals surface area contributed by atoms with E-state index in [-0.39, 0.29) is 29.6 Å². The Morgan fingerprint density at radius 3 is 2.24 bits per heavy atom. The van der Waals surface area contributed by atoms with Crippen molar-refractivity contribution >= 4 is 22.4 Å². The molecule has 0 amide bonds. The number of carboxylic acids is 1. The number of aliphatic carboxylic acids is 1. The van der Waals surface area contributed by atoms with E-state index in [4.69, 9.17) is 0 Å². The van der Waals surface area contributed by atoms with E-state index in [1.165, 1.54) is 0 Å². The molecule has 0 saturated carbocycles. The smallest absolute Gasteiger partial charge is 0.548 e. The van der Waals surface area contributed by atoms with Gasteiger partial charge in [-0.25, -0.2) is 4.68 Å². The molecular weight excluding hydrogens is 329 g/mol. The second kappa shape index (κ2) is 7.82. The Morgan fingerprint density at radius 2 is 1.68 bits per heavy atom. The van der Waals surface area contributed by atoms with Crippen LogP contribution < -0.4 is 45.1 Å². The average Bonchev–Trinajstić information content (AvgIpc) is 2.57. The number of hydrogen-bond donors (Lipinski definition) is 0. The molecule has 3 aromatic rings. The van der Waals surface area contributed by atoms with E-state index in [0.29, 0.717) is 16.5 Å². The van der Waals surface area contributed by atoms with Gasteiger partial charge in [0.2, 0.25) is 0 Å². The molecule has 0 unspecified atom stereocenters. The van der Waals surface area contributed by atoms with Crippen LogP contribution in [0.2, 0.25) is 0 Å². The third-order valence-electron chi connectivity index (χ3n) is 3.80. The molecule has 0 fully saturated rings. The van der Waals surface area contributed by atoms with E-state index in [9.17, 15) is 14.7 Å². The van der Waals surface area contributed by atoms with Crippen molar-refractivity contribution < 1.29 is 39.5 Å². The molecule has 2 aromatic carbocycles. The van der Waals surface area contributed by atoms with Crippen LogP contribution in [0, 0.1) is 0 Å². The molecular formula is C18H16N3NaO3. The van der Waals surface area contributed by atoms with Crippen molar-refractivity contribution in [3.63, 3.8) is 0 Å². The molecule has 0 aliphatic heterocycles. The molecule has 1 aromatic heterocycles. The predicted molar refractivity (Wildman–Crippen MR) is 90.8 cm³/mol. The van der Waals surface area contributed by atoms with Crippen LogP contribution in [-0.2, 0) is 11.3 Å². The maximum absolute atomic E-state index is 12.4. The molecule has 1 heterocycles. The van der Waals surface area contributed by atoms with E-state index in [2.05, 4.69) is 5.10 Å². The normalized spacial score (nSPS) is 10.3. The molecule has 7 heteroatoms. The van der Waals surface area contributed by atoms with Gasteiger partial charge in [-0.05, 0) is 18.2 Å². The van der Waals surface area contributed by atoms with Gasteiger partial charge < -0.3 is 14.8 Å². The van der Waals surface area contributed by atoms with Gasteiger partial charge in [0.1, 0.15) is 0 Å². The van der Waals surface area contributed by atoms with Gasteiger partial charge >= 0.3 is 29.6 Å². The molecule has 0 atom stereocenters. The number of benzene rings is 2. The van der Waals surface area contributed by atoms with Crippen LogP contribution >= 0.6 is 0 Å². The summed E-state index contributed by atoms with van der Waals surface area (Å²) in [7, 11) is 3.89. The van der Waals surface area contributed by atoms with E-state index >= 15 is 0 Å². The molecule has 0 radical (unpaired) electrons. The summed E-state index contributed by atoms with van der Waals surface area (Å²) >= 11 is 0. The van der Waals surface area contributed by atoms with Crippen molar-refractivity contribution in [1.82, 2.24) is 9.78 Å².